The molecular formula is C17H26FNO2. The maximum absolute atomic E-state index is 13.6. The van der Waals surface area contributed by atoms with Crippen molar-refractivity contribution in [1.29, 1.82) is 0 Å². The lowest BCUT2D eigenvalue weighted by atomic mass is 9.96. The number of halogens is 1. The molecule has 0 aliphatic carbocycles. The number of hydrogen-bond donors (Lipinski definition) is 1. The van der Waals surface area contributed by atoms with Crippen molar-refractivity contribution >= 4 is 5.91 Å². The Hall–Kier alpha value is -1.42. The zero-order chi connectivity index (χ0) is 15.7. The summed E-state index contributed by atoms with van der Waals surface area (Å²) in [4.78, 5) is 11.8. The molecule has 1 aliphatic rings. The predicted molar refractivity (Wildman–Crippen MR) is 83.0 cm³/mol. The van der Waals surface area contributed by atoms with E-state index >= 15 is 0 Å². The van der Waals surface area contributed by atoms with Gasteiger partial charge in [-0.2, -0.15) is 0 Å². The number of amides is 1. The number of nitrogens with one attached hydrogen (secondary N) is 1. The van der Waals surface area contributed by atoms with Crippen molar-refractivity contribution in [3.8, 4) is 0 Å². The number of benzene rings is 1. The molecule has 0 spiro atoms. The molecule has 0 bridgehead atoms. The van der Waals surface area contributed by atoms with Gasteiger partial charge < -0.3 is 10.1 Å². The molecule has 0 radical (unpaired) electrons. The molecule has 0 atom stereocenters. The summed E-state index contributed by atoms with van der Waals surface area (Å²) in [7, 11) is 0. The molecule has 118 valence electrons. The normalized spacial score (nSPS) is 15.0. The zero-order valence-electron chi connectivity index (χ0n) is 13.2. The Morgan fingerprint density at radius 3 is 2.62 bits per heavy atom. The molecule has 1 amide bonds. The minimum Gasteiger partial charge on any atom is -0.381 e. The van der Waals surface area contributed by atoms with E-state index in [1.165, 1.54) is 12.1 Å². The number of aryl methyl sites for hydroxylation is 1. The van der Waals surface area contributed by atoms with Gasteiger partial charge in [0.05, 0.1) is 5.56 Å². The minimum absolute atomic E-state index is 0.123. The highest BCUT2D eigenvalue weighted by Gasteiger charge is 2.15. The first-order valence-corrected chi connectivity index (χ1v) is 7.79. The van der Waals surface area contributed by atoms with Crippen LogP contribution in [0.2, 0.25) is 0 Å². The Morgan fingerprint density at radius 2 is 2.00 bits per heavy atom. The van der Waals surface area contributed by atoms with Gasteiger partial charge in [0, 0.05) is 19.8 Å². The van der Waals surface area contributed by atoms with Crippen LogP contribution in [0.25, 0.3) is 0 Å². The van der Waals surface area contributed by atoms with Crippen LogP contribution in [0.3, 0.4) is 0 Å². The van der Waals surface area contributed by atoms with E-state index in [9.17, 15) is 9.18 Å². The lowest BCUT2D eigenvalue weighted by Gasteiger charge is -2.21. The zero-order valence-corrected chi connectivity index (χ0v) is 13.2. The molecule has 3 nitrogen and oxygen atoms in total. The summed E-state index contributed by atoms with van der Waals surface area (Å²) >= 11 is 0. The first kappa shape index (κ1) is 17.6. The summed E-state index contributed by atoms with van der Waals surface area (Å²) < 4.78 is 18.9. The van der Waals surface area contributed by atoms with Gasteiger partial charge in [-0.1, -0.05) is 19.9 Å². The maximum Gasteiger partial charge on any atom is 0.254 e. The quantitative estimate of drug-likeness (QED) is 0.919. The van der Waals surface area contributed by atoms with E-state index in [0.717, 1.165) is 38.0 Å². The molecule has 1 heterocycles. The summed E-state index contributed by atoms with van der Waals surface area (Å²) in [6.07, 6.45) is 3.03. The predicted octanol–water partition coefficient (Wildman–Crippen LogP) is 3.71. The second kappa shape index (κ2) is 9.50. The van der Waals surface area contributed by atoms with Gasteiger partial charge in [-0.05, 0) is 49.8 Å². The lowest BCUT2D eigenvalue weighted by Crippen LogP contribution is -2.28. The van der Waals surface area contributed by atoms with Crippen molar-refractivity contribution in [2.75, 3.05) is 19.8 Å². The molecule has 0 aromatic heterocycles. The van der Waals surface area contributed by atoms with Crippen LogP contribution in [0.5, 0.6) is 0 Å². The van der Waals surface area contributed by atoms with Crippen LogP contribution in [0, 0.1) is 18.7 Å². The SMILES string of the molecule is CC.Cc1ccc(C(=O)NCCC2CCOCC2)c(F)c1. The fourth-order valence-corrected chi connectivity index (χ4v) is 2.32. The van der Waals surface area contributed by atoms with Crippen LogP contribution in [0.15, 0.2) is 18.2 Å². The molecular weight excluding hydrogens is 269 g/mol. The van der Waals surface area contributed by atoms with Crippen molar-refractivity contribution < 1.29 is 13.9 Å². The summed E-state index contributed by atoms with van der Waals surface area (Å²) in [5.74, 6) is -0.176. The first-order chi connectivity index (χ1) is 10.2. The molecule has 1 fully saturated rings. The number of carbonyl (C=O) groups excluding carboxylic acids is 1. The summed E-state index contributed by atoms with van der Waals surface area (Å²) in [6.45, 7) is 8.02. The third-order valence-electron chi connectivity index (χ3n) is 3.55. The Balaban J connectivity index is 0.00000106. The number of carbonyl (C=O) groups is 1. The van der Waals surface area contributed by atoms with E-state index in [1.54, 1.807) is 13.0 Å². The average molecular weight is 295 g/mol. The van der Waals surface area contributed by atoms with Gasteiger partial charge in [0.15, 0.2) is 0 Å². The third kappa shape index (κ3) is 5.84. The van der Waals surface area contributed by atoms with E-state index in [1.807, 2.05) is 13.8 Å². The van der Waals surface area contributed by atoms with Gasteiger partial charge in [-0.3, -0.25) is 4.79 Å². The van der Waals surface area contributed by atoms with Crippen molar-refractivity contribution in [2.24, 2.45) is 5.92 Å². The van der Waals surface area contributed by atoms with Crippen LogP contribution >= 0.6 is 0 Å². The Labute approximate surface area is 126 Å². The minimum atomic E-state index is -0.455. The van der Waals surface area contributed by atoms with Crippen molar-refractivity contribution in [2.45, 2.75) is 40.0 Å². The Kier molecular flexibility index (Phi) is 7.98. The van der Waals surface area contributed by atoms with Gasteiger partial charge in [-0.15, -0.1) is 0 Å². The molecule has 1 aromatic rings. The van der Waals surface area contributed by atoms with Crippen LogP contribution in [-0.4, -0.2) is 25.7 Å². The summed E-state index contributed by atoms with van der Waals surface area (Å²) in [6, 6.07) is 4.66. The molecule has 4 heteroatoms. The van der Waals surface area contributed by atoms with E-state index in [-0.39, 0.29) is 11.5 Å². The molecule has 21 heavy (non-hydrogen) atoms. The van der Waals surface area contributed by atoms with Gasteiger partial charge >= 0.3 is 0 Å². The highest BCUT2D eigenvalue weighted by molar-refractivity contribution is 5.94. The van der Waals surface area contributed by atoms with Crippen molar-refractivity contribution in [3.05, 3.63) is 35.1 Å². The molecule has 1 aliphatic heterocycles. The average Bonchev–Trinajstić information content (AvgIpc) is 2.50. The smallest absolute Gasteiger partial charge is 0.254 e. The highest BCUT2D eigenvalue weighted by atomic mass is 19.1. The first-order valence-electron chi connectivity index (χ1n) is 7.79. The summed E-state index contributed by atoms with van der Waals surface area (Å²) in [5, 5.41) is 2.79. The van der Waals surface area contributed by atoms with Crippen LogP contribution in [0.1, 0.15) is 49.0 Å². The molecule has 1 N–H and O–H groups in total. The number of ether oxygens (including phenoxy) is 1. The standard InChI is InChI=1S/C15H20FNO2.C2H6/c1-11-2-3-13(14(16)10-11)15(18)17-7-4-12-5-8-19-9-6-12;1-2/h2-3,10,12H,4-9H2,1H3,(H,17,18);1-2H3. The van der Waals surface area contributed by atoms with Gasteiger partial charge in [0.1, 0.15) is 5.82 Å². The largest absolute Gasteiger partial charge is 0.381 e. The fraction of sp³-hybridized carbons (Fsp3) is 0.588. The van der Waals surface area contributed by atoms with Crippen LogP contribution < -0.4 is 5.32 Å². The van der Waals surface area contributed by atoms with Gasteiger partial charge in [-0.25, -0.2) is 4.39 Å². The third-order valence-corrected chi connectivity index (χ3v) is 3.55. The number of hydrogen-bond acceptors (Lipinski definition) is 2. The molecule has 2 rings (SSSR count). The molecule has 1 aromatic carbocycles. The van der Waals surface area contributed by atoms with Gasteiger partial charge in [0.25, 0.3) is 5.91 Å². The lowest BCUT2D eigenvalue weighted by molar-refractivity contribution is 0.0636. The fourth-order valence-electron chi connectivity index (χ4n) is 2.32. The second-order valence-electron chi connectivity index (χ2n) is 5.08. The van der Waals surface area contributed by atoms with E-state index in [4.69, 9.17) is 4.74 Å². The topological polar surface area (TPSA) is 38.3 Å². The van der Waals surface area contributed by atoms with E-state index in [0.29, 0.717) is 12.5 Å². The summed E-state index contributed by atoms with van der Waals surface area (Å²) in [5.41, 5.74) is 0.939. The number of rotatable bonds is 4. The highest BCUT2D eigenvalue weighted by Crippen LogP contribution is 2.17. The van der Waals surface area contributed by atoms with E-state index < -0.39 is 5.82 Å². The van der Waals surface area contributed by atoms with Crippen molar-refractivity contribution in [1.82, 2.24) is 5.32 Å². The molecule has 0 unspecified atom stereocenters. The van der Waals surface area contributed by atoms with Gasteiger partial charge in [0.2, 0.25) is 0 Å². The monoisotopic (exact) mass is 295 g/mol. The maximum atomic E-state index is 13.6. The van der Waals surface area contributed by atoms with E-state index in [2.05, 4.69) is 5.32 Å². The Morgan fingerprint density at radius 1 is 1.33 bits per heavy atom. The molecule has 1 saturated heterocycles. The Bertz CT molecular complexity index is 442. The van der Waals surface area contributed by atoms with Crippen LogP contribution in [0.4, 0.5) is 4.39 Å². The van der Waals surface area contributed by atoms with Crippen molar-refractivity contribution in [3.63, 3.8) is 0 Å². The molecule has 0 saturated carbocycles. The second-order valence-corrected chi connectivity index (χ2v) is 5.08. The van der Waals surface area contributed by atoms with Crippen LogP contribution in [-0.2, 0) is 4.74 Å².